The summed E-state index contributed by atoms with van der Waals surface area (Å²) in [6.07, 6.45) is 1.29. The monoisotopic (exact) mass is 486 g/mol. The van der Waals surface area contributed by atoms with Crippen LogP contribution in [0.4, 0.5) is 13.2 Å². The van der Waals surface area contributed by atoms with E-state index >= 15 is 0 Å². The predicted octanol–water partition coefficient (Wildman–Crippen LogP) is 2.78. The van der Waals surface area contributed by atoms with E-state index in [1.54, 1.807) is 0 Å². The summed E-state index contributed by atoms with van der Waals surface area (Å²) in [6.45, 7) is 4.76. The van der Waals surface area contributed by atoms with E-state index in [4.69, 9.17) is 15.6 Å². The number of carboxylic acids is 1. The van der Waals surface area contributed by atoms with Crippen molar-refractivity contribution >= 4 is 17.8 Å². The summed E-state index contributed by atoms with van der Waals surface area (Å²) < 4.78 is 31.7. The van der Waals surface area contributed by atoms with Crippen LogP contribution < -0.4 is 5.73 Å². The average Bonchev–Trinajstić information content (AvgIpc) is 3.03. The number of carbonyl (C=O) groups excluding carboxylic acids is 2. The zero-order valence-corrected chi connectivity index (χ0v) is 20.0. The highest BCUT2D eigenvalue weighted by Crippen LogP contribution is 2.52. The molecule has 0 aromatic carbocycles. The fourth-order valence-electron chi connectivity index (χ4n) is 4.78. The van der Waals surface area contributed by atoms with Crippen LogP contribution in [0.3, 0.4) is 0 Å². The Labute approximate surface area is 197 Å². The molecule has 1 aromatic heterocycles. The third-order valence-corrected chi connectivity index (χ3v) is 7.04. The van der Waals surface area contributed by atoms with Crippen molar-refractivity contribution in [2.24, 2.45) is 16.6 Å². The number of aromatic nitrogens is 1. The fraction of sp³-hybridized carbons (Fsp3) is 0.652. The van der Waals surface area contributed by atoms with Gasteiger partial charge in [0.15, 0.2) is 0 Å². The van der Waals surface area contributed by atoms with E-state index in [9.17, 15) is 22.8 Å². The van der Waals surface area contributed by atoms with Gasteiger partial charge in [-0.2, -0.15) is 13.2 Å². The number of aliphatic carboxylic acids is 1. The summed E-state index contributed by atoms with van der Waals surface area (Å²) in [5.74, 6) is -2.96. The van der Waals surface area contributed by atoms with Crippen molar-refractivity contribution in [2.75, 3.05) is 27.2 Å². The van der Waals surface area contributed by atoms with Gasteiger partial charge in [-0.05, 0) is 71.2 Å². The van der Waals surface area contributed by atoms with Crippen LogP contribution in [-0.2, 0) is 19.9 Å². The smallest absolute Gasteiger partial charge is 0.475 e. The van der Waals surface area contributed by atoms with E-state index in [1.165, 1.54) is 0 Å². The molecule has 1 aliphatic heterocycles. The molecule has 2 aliphatic rings. The van der Waals surface area contributed by atoms with Crippen LogP contribution >= 0.6 is 0 Å². The normalized spacial score (nSPS) is 25.3. The van der Waals surface area contributed by atoms with Crippen molar-refractivity contribution < 1.29 is 32.7 Å². The maximum atomic E-state index is 12.7. The lowest BCUT2D eigenvalue weighted by atomic mass is 9.65. The molecular weight excluding hydrogens is 453 g/mol. The molecule has 3 N–H and O–H groups in total. The van der Waals surface area contributed by atoms with Crippen molar-refractivity contribution in [1.29, 1.82) is 0 Å². The Morgan fingerprint density at radius 3 is 2.15 bits per heavy atom. The van der Waals surface area contributed by atoms with Gasteiger partial charge in [-0.3, -0.25) is 19.5 Å². The van der Waals surface area contributed by atoms with Gasteiger partial charge in [-0.1, -0.05) is 6.07 Å². The lowest BCUT2D eigenvalue weighted by Gasteiger charge is -2.48. The number of nitrogens with two attached hydrogens (primary N) is 1. The topological polar surface area (TPSA) is 117 Å². The molecule has 34 heavy (non-hydrogen) atoms. The Hall–Kier alpha value is -2.69. The minimum Gasteiger partial charge on any atom is -0.475 e. The Balaban J connectivity index is 0.000000509. The number of amides is 2. The molecule has 0 unspecified atom stereocenters. The molecule has 0 atom stereocenters. The van der Waals surface area contributed by atoms with Gasteiger partial charge in [0.05, 0.1) is 16.6 Å². The van der Waals surface area contributed by atoms with E-state index in [0.717, 1.165) is 37.9 Å². The summed E-state index contributed by atoms with van der Waals surface area (Å²) in [5.41, 5.74) is 5.86. The lowest BCUT2D eigenvalue weighted by molar-refractivity contribution is -0.192. The SMILES string of the molecule is CN(C)[C@]1(c2ccccn2)CC[C@]2(CC1)CC(=O)N(CC(C)(C)C(N)=O)C2.O=C(O)C(F)(F)F. The number of pyridine rings is 1. The minimum atomic E-state index is -5.08. The van der Waals surface area contributed by atoms with E-state index in [1.807, 2.05) is 37.1 Å². The van der Waals surface area contributed by atoms with Gasteiger partial charge < -0.3 is 15.7 Å². The van der Waals surface area contributed by atoms with Crippen LogP contribution in [0.2, 0.25) is 0 Å². The summed E-state index contributed by atoms with van der Waals surface area (Å²) in [7, 11) is 4.24. The molecule has 2 heterocycles. The van der Waals surface area contributed by atoms with Crippen LogP contribution in [0.1, 0.15) is 51.6 Å². The number of nitrogens with zero attached hydrogens (tertiary/aromatic N) is 3. The number of carbonyl (C=O) groups is 3. The number of primary amides is 1. The highest BCUT2D eigenvalue weighted by Gasteiger charge is 2.51. The molecular formula is C23H33F3N4O4. The van der Waals surface area contributed by atoms with Crippen LogP contribution in [-0.4, -0.2) is 71.0 Å². The first kappa shape index (κ1) is 27.6. The van der Waals surface area contributed by atoms with Gasteiger partial charge >= 0.3 is 12.1 Å². The third-order valence-electron chi connectivity index (χ3n) is 7.04. The van der Waals surface area contributed by atoms with Crippen molar-refractivity contribution in [3.63, 3.8) is 0 Å². The molecule has 0 bridgehead atoms. The van der Waals surface area contributed by atoms with Crippen LogP contribution in [0.5, 0.6) is 0 Å². The molecule has 2 fully saturated rings. The highest BCUT2D eigenvalue weighted by molar-refractivity contribution is 5.83. The lowest BCUT2D eigenvalue weighted by Crippen LogP contribution is -2.48. The third kappa shape index (κ3) is 6.05. The summed E-state index contributed by atoms with van der Waals surface area (Å²) >= 11 is 0. The second-order valence-electron chi connectivity index (χ2n) is 10.1. The molecule has 1 saturated heterocycles. The van der Waals surface area contributed by atoms with Crippen LogP contribution in [0.15, 0.2) is 24.4 Å². The number of carboxylic acid groups (broad SMARTS) is 1. The van der Waals surface area contributed by atoms with Gasteiger partial charge in [0, 0.05) is 25.7 Å². The Morgan fingerprint density at radius 1 is 1.18 bits per heavy atom. The molecule has 8 nitrogen and oxygen atoms in total. The Morgan fingerprint density at radius 2 is 1.74 bits per heavy atom. The number of rotatable bonds is 5. The molecule has 1 aromatic rings. The van der Waals surface area contributed by atoms with Crippen molar-refractivity contribution in [3.05, 3.63) is 30.1 Å². The van der Waals surface area contributed by atoms with E-state index in [2.05, 4.69) is 30.0 Å². The number of hydrogen-bond donors (Lipinski definition) is 2. The molecule has 1 saturated carbocycles. The maximum Gasteiger partial charge on any atom is 0.490 e. The van der Waals surface area contributed by atoms with Gasteiger partial charge in [0.2, 0.25) is 11.8 Å². The van der Waals surface area contributed by atoms with Gasteiger partial charge in [0.25, 0.3) is 0 Å². The van der Waals surface area contributed by atoms with Crippen LogP contribution in [0.25, 0.3) is 0 Å². The Bertz CT molecular complexity index is 895. The fourth-order valence-corrected chi connectivity index (χ4v) is 4.78. The number of halogens is 3. The number of alkyl halides is 3. The zero-order valence-electron chi connectivity index (χ0n) is 20.0. The van der Waals surface area contributed by atoms with Crippen molar-refractivity contribution in [2.45, 2.75) is 57.7 Å². The molecule has 2 amide bonds. The molecule has 1 aliphatic carbocycles. The van der Waals surface area contributed by atoms with Crippen LogP contribution in [0, 0.1) is 10.8 Å². The highest BCUT2D eigenvalue weighted by atomic mass is 19.4. The second-order valence-corrected chi connectivity index (χ2v) is 10.1. The molecule has 11 heteroatoms. The molecule has 0 radical (unpaired) electrons. The first-order valence-electron chi connectivity index (χ1n) is 11.0. The summed E-state index contributed by atoms with van der Waals surface area (Å²) in [5, 5.41) is 7.12. The maximum absolute atomic E-state index is 12.7. The first-order chi connectivity index (χ1) is 15.5. The average molecular weight is 487 g/mol. The molecule has 1 spiro atoms. The number of likely N-dealkylation sites (tertiary alicyclic amines) is 1. The van der Waals surface area contributed by atoms with E-state index in [-0.39, 0.29) is 22.8 Å². The zero-order chi connectivity index (χ0) is 25.9. The standard InChI is InChI=1S/C21H32N4O2.C2HF3O2/c1-19(2,18(22)27)14-25-15-20(13-17(25)26)8-10-21(11-9-20,24(3)4)16-7-5-6-12-23-16;3-2(4,5)1(6)7/h5-7,12H,8-11,13-15H2,1-4H3,(H2,22,27);(H,6,7)/t20-,21+;. The van der Waals surface area contributed by atoms with Gasteiger partial charge in [0.1, 0.15) is 0 Å². The summed E-state index contributed by atoms with van der Waals surface area (Å²) in [4.78, 5) is 42.0. The minimum absolute atomic E-state index is 0.0130. The number of hydrogen-bond acceptors (Lipinski definition) is 5. The molecule has 190 valence electrons. The van der Waals surface area contributed by atoms with Crippen molar-refractivity contribution in [3.8, 4) is 0 Å². The summed E-state index contributed by atoms with van der Waals surface area (Å²) in [6, 6.07) is 6.11. The predicted molar refractivity (Wildman–Crippen MR) is 118 cm³/mol. The Kier molecular flexibility index (Phi) is 8.02. The quantitative estimate of drug-likeness (QED) is 0.661. The van der Waals surface area contributed by atoms with Gasteiger partial charge in [-0.25, -0.2) is 4.79 Å². The van der Waals surface area contributed by atoms with Crippen molar-refractivity contribution in [1.82, 2.24) is 14.8 Å². The second kappa shape index (κ2) is 9.89. The van der Waals surface area contributed by atoms with E-state index in [0.29, 0.717) is 13.0 Å². The molecule has 3 rings (SSSR count). The van der Waals surface area contributed by atoms with Gasteiger partial charge in [-0.15, -0.1) is 0 Å². The van der Waals surface area contributed by atoms with E-state index < -0.39 is 17.6 Å². The first-order valence-corrected chi connectivity index (χ1v) is 11.0. The largest absolute Gasteiger partial charge is 0.490 e.